The fraction of sp³-hybridized carbons (Fsp3) is 0.500. The Morgan fingerprint density at radius 1 is 0.564 bits per heavy atom. The van der Waals surface area contributed by atoms with E-state index in [9.17, 15) is 10.2 Å². The Bertz CT molecular complexity index is 1010. The van der Waals surface area contributed by atoms with Crippen LogP contribution in [0.1, 0.15) is 120 Å². The highest BCUT2D eigenvalue weighted by atomic mass is 16.3. The topological polar surface area (TPSA) is 43.7 Å². The number of hydrogen-bond donors (Lipinski definition) is 2. The van der Waals surface area contributed by atoms with Gasteiger partial charge in [-0.05, 0) is 60.4 Å². The molecule has 212 valence electrons. The van der Waals surface area contributed by atoms with E-state index < -0.39 is 11.2 Å². The monoisotopic (exact) mass is 529 g/mol. The first-order valence-electron chi connectivity index (χ1n) is 15.2. The Morgan fingerprint density at radius 3 is 1.26 bits per heavy atom. The molecule has 0 saturated heterocycles. The number of rotatable bonds is 16. The summed E-state index contributed by atoms with van der Waals surface area (Å²) in [5, 5.41) is 22.6. The molecule has 0 saturated carbocycles. The third kappa shape index (κ3) is 8.27. The number of aliphatic hydroxyl groups is 2. The van der Waals surface area contributed by atoms with E-state index in [1.54, 1.807) is 0 Å². The highest BCUT2D eigenvalue weighted by molar-refractivity contribution is 5.30. The normalized spacial score (nSPS) is 13.1. The number of hydrogen-bond acceptors (Lipinski definition) is 3. The van der Waals surface area contributed by atoms with Gasteiger partial charge in [0.1, 0.15) is 0 Å². The second kappa shape index (κ2) is 14.8. The maximum absolute atomic E-state index is 11.3. The summed E-state index contributed by atoms with van der Waals surface area (Å²) in [6.07, 6.45) is 7.03. The fourth-order valence-corrected chi connectivity index (χ4v) is 6.06. The molecular weight excluding hydrogens is 478 g/mol. The molecule has 0 spiro atoms. The van der Waals surface area contributed by atoms with E-state index in [0.717, 1.165) is 75.6 Å². The Hall–Kier alpha value is -2.46. The Morgan fingerprint density at radius 2 is 0.923 bits per heavy atom. The van der Waals surface area contributed by atoms with Gasteiger partial charge in [-0.2, -0.15) is 0 Å². The SMILES string of the molecule is CCCC(O)(CCC)c1ccc(CN(Cc2ccc(C(O)(CCC)CCC)cc2)C(C)c2ccccc2)cc1. The summed E-state index contributed by atoms with van der Waals surface area (Å²) in [5.41, 5.74) is 4.37. The summed E-state index contributed by atoms with van der Waals surface area (Å²) in [6, 6.07) is 28.2. The van der Waals surface area contributed by atoms with Crippen molar-refractivity contribution in [3.63, 3.8) is 0 Å². The van der Waals surface area contributed by atoms with Gasteiger partial charge in [0, 0.05) is 19.1 Å². The summed E-state index contributed by atoms with van der Waals surface area (Å²) in [5.74, 6) is 0. The molecule has 0 aromatic heterocycles. The lowest BCUT2D eigenvalue weighted by molar-refractivity contribution is 0.0166. The van der Waals surface area contributed by atoms with E-state index in [0.29, 0.717) is 0 Å². The van der Waals surface area contributed by atoms with Crippen LogP contribution in [0.2, 0.25) is 0 Å². The van der Waals surface area contributed by atoms with Gasteiger partial charge in [-0.15, -0.1) is 0 Å². The van der Waals surface area contributed by atoms with Crippen molar-refractivity contribution in [2.45, 2.75) is 116 Å². The summed E-state index contributed by atoms with van der Waals surface area (Å²) >= 11 is 0. The Balaban J connectivity index is 1.85. The van der Waals surface area contributed by atoms with E-state index in [1.165, 1.54) is 16.7 Å². The van der Waals surface area contributed by atoms with Crippen molar-refractivity contribution < 1.29 is 10.2 Å². The molecule has 0 radical (unpaired) electrons. The van der Waals surface area contributed by atoms with Gasteiger partial charge in [-0.3, -0.25) is 4.90 Å². The molecule has 39 heavy (non-hydrogen) atoms. The van der Waals surface area contributed by atoms with Crippen LogP contribution in [0.15, 0.2) is 78.9 Å². The van der Waals surface area contributed by atoms with Gasteiger partial charge in [-0.25, -0.2) is 0 Å². The van der Waals surface area contributed by atoms with Crippen LogP contribution < -0.4 is 0 Å². The molecule has 2 N–H and O–H groups in total. The lowest BCUT2D eigenvalue weighted by atomic mass is 9.85. The molecule has 1 atom stereocenters. The van der Waals surface area contributed by atoms with E-state index in [1.807, 2.05) is 0 Å². The summed E-state index contributed by atoms with van der Waals surface area (Å²) < 4.78 is 0. The largest absolute Gasteiger partial charge is 0.385 e. The first-order chi connectivity index (χ1) is 18.8. The van der Waals surface area contributed by atoms with Gasteiger partial charge < -0.3 is 10.2 Å². The van der Waals surface area contributed by atoms with Crippen LogP contribution in [0.3, 0.4) is 0 Å². The molecule has 0 aliphatic carbocycles. The van der Waals surface area contributed by atoms with Gasteiger partial charge in [0.2, 0.25) is 0 Å². The third-order valence-corrected chi connectivity index (χ3v) is 8.24. The van der Waals surface area contributed by atoms with Crippen LogP contribution in [0, 0.1) is 0 Å². The van der Waals surface area contributed by atoms with Crippen molar-refractivity contribution >= 4 is 0 Å². The zero-order valence-corrected chi connectivity index (χ0v) is 25.0. The Labute approximate surface area is 237 Å². The molecule has 3 heteroatoms. The van der Waals surface area contributed by atoms with Crippen molar-refractivity contribution in [2.24, 2.45) is 0 Å². The zero-order chi connectivity index (χ0) is 28.3. The molecule has 3 aromatic rings. The van der Waals surface area contributed by atoms with Crippen LogP contribution in [-0.4, -0.2) is 15.1 Å². The van der Waals surface area contributed by atoms with Gasteiger partial charge >= 0.3 is 0 Å². The average molecular weight is 530 g/mol. The predicted octanol–water partition coefficient (Wildman–Crippen LogP) is 9.03. The first-order valence-corrected chi connectivity index (χ1v) is 15.2. The summed E-state index contributed by atoms with van der Waals surface area (Å²) in [7, 11) is 0. The molecule has 0 fully saturated rings. The maximum Gasteiger partial charge on any atom is 0.0896 e. The van der Waals surface area contributed by atoms with Gasteiger partial charge in [0.15, 0.2) is 0 Å². The molecule has 0 aliphatic rings. The van der Waals surface area contributed by atoms with Crippen molar-refractivity contribution in [1.82, 2.24) is 4.90 Å². The smallest absolute Gasteiger partial charge is 0.0896 e. The van der Waals surface area contributed by atoms with Gasteiger partial charge in [0.25, 0.3) is 0 Å². The first kappa shape index (κ1) is 31.1. The number of benzene rings is 3. The van der Waals surface area contributed by atoms with Gasteiger partial charge in [0.05, 0.1) is 11.2 Å². The summed E-state index contributed by atoms with van der Waals surface area (Å²) in [4.78, 5) is 2.51. The second-order valence-corrected chi connectivity index (χ2v) is 11.4. The standard InChI is InChI=1S/C36H51NO2/c1-6-23-35(38,24-7-2)33-19-15-30(16-20-33)27-37(29(5)32-13-11-10-12-14-32)28-31-17-21-34(22-18-31)36(39,25-8-3)26-9-4/h10-22,29,38-39H,6-9,23-28H2,1-5H3. The fourth-order valence-electron chi connectivity index (χ4n) is 6.06. The molecule has 3 rings (SSSR count). The second-order valence-electron chi connectivity index (χ2n) is 11.4. The lowest BCUT2D eigenvalue weighted by Gasteiger charge is -2.31. The highest BCUT2D eigenvalue weighted by Crippen LogP contribution is 2.34. The minimum absolute atomic E-state index is 0.236. The summed E-state index contributed by atoms with van der Waals surface area (Å²) in [6.45, 7) is 12.5. The number of nitrogens with zero attached hydrogens (tertiary/aromatic N) is 1. The van der Waals surface area contributed by atoms with E-state index >= 15 is 0 Å². The van der Waals surface area contributed by atoms with E-state index in [-0.39, 0.29) is 6.04 Å². The van der Waals surface area contributed by atoms with E-state index in [4.69, 9.17) is 0 Å². The molecule has 3 nitrogen and oxygen atoms in total. The third-order valence-electron chi connectivity index (χ3n) is 8.24. The van der Waals surface area contributed by atoms with Crippen molar-refractivity contribution in [2.75, 3.05) is 0 Å². The van der Waals surface area contributed by atoms with Gasteiger partial charge in [-0.1, -0.05) is 132 Å². The minimum atomic E-state index is -0.738. The minimum Gasteiger partial charge on any atom is -0.385 e. The lowest BCUT2D eigenvalue weighted by Crippen LogP contribution is -2.27. The van der Waals surface area contributed by atoms with Crippen molar-refractivity contribution in [3.8, 4) is 0 Å². The van der Waals surface area contributed by atoms with Crippen LogP contribution >= 0.6 is 0 Å². The van der Waals surface area contributed by atoms with Crippen molar-refractivity contribution in [3.05, 3.63) is 107 Å². The molecule has 0 bridgehead atoms. The Kier molecular flexibility index (Phi) is 11.8. The molecule has 0 amide bonds. The highest BCUT2D eigenvalue weighted by Gasteiger charge is 2.28. The molecule has 3 aromatic carbocycles. The van der Waals surface area contributed by atoms with Crippen LogP contribution in [0.4, 0.5) is 0 Å². The molecule has 1 unspecified atom stereocenters. The average Bonchev–Trinajstić information content (AvgIpc) is 2.94. The van der Waals surface area contributed by atoms with Crippen LogP contribution in [-0.2, 0) is 24.3 Å². The maximum atomic E-state index is 11.3. The molecule has 0 heterocycles. The molecule has 0 aliphatic heterocycles. The quantitative estimate of drug-likeness (QED) is 0.194. The van der Waals surface area contributed by atoms with Crippen LogP contribution in [0.5, 0.6) is 0 Å². The van der Waals surface area contributed by atoms with Crippen LogP contribution in [0.25, 0.3) is 0 Å². The van der Waals surface area contributed by atoms with E-state index in [2.05, 4.69) is 118 Å². The molecular formula is C36H51NO2. The predicted molar refractivity (Wildman–Crippen MR) is 164 cm³/mol. The zero-order valence-electron chi connectivity index (χ0n) is 25.0. The van der Waals surface area contributed by atoms with Crippen molar-refractivity contribution in [1.29, 1.82) is 0 Å².